The minimum Gasteiger partial charge on any atom is -0.348 e. The SMILES string of the molecule is CN(C)C(=O)CNS(=O)(=O)CCC1CCNCC1. The predicted octanol–water partition coefficient (Wildman–Crippen LogP) is -0.616. The molecule has 0 radical (unpaired) electrons. The third-order valence-corrected chi connectivity index (χ3v) is 4.55. The summed E-state index contributed by atoms with van der Waals surface area (Å²) in [6.45, 7) is 1.79. The van der Waals surface area contributed by atoms with Gasteiger partial charge in [0.1, 0.15) is 0 Å². The van der Waals surface area contributed by atoms with Crippen molar-refractivity contribution in [2.45, 2.75) is 19.3 Å². The molecule has 0 spiro atoms. The Labute approximate surface area is 109 Å². The molecular weight excluding hydrogens is 254 g/mol. The van der Waals surface area contributed by atoms with Gasteiger partial charge in [0.15, 0.2) is 0 Å². The lowest BCUT2D eigenvalue weighted by molar-refractivity contribution is -0.127. The summed E-state index contributed by atoms with van der Waals surface area (Å²) in [6.07, 6.45) is 2.74. The van der Waals surface area contributed by atoms with Gasteiger partial charge >= 0.3 is 0 Å². The summed E-state index contributed by atoms with van der Waals surface area (Å²) in [5, 5.41) is 3.25. The van der Waals surface area contributed by atoms with Crippen molar-refractivity contribution in [3.63, 3.8) is 0 Å². The predicted molar refractivity (Wildman–Crippen MR) is 70.7 cm³/mol. The van der Waals surface area contributed by atoms with Crippen LogP contribution >= 0.6 is 0 Å². The van der Waals surface area contributed by atoms with Crippen LogP contribution in [0, 0.1) is 5.92 Å². The molecule has 1 aliphatic heterocycles. The van der Waals surface area contributed by atoms with E-state index in [1.165, 1.54) is 4.90 Å². The van der Waals surface area contributed by atoms with Crippen LogP contribution in [0.25, 0.3) is 0 Å². The van der Waals surface area contributed by atoms with Crippen LogP contribution in [0.5, 0.6) is 0 Å². The van der Waals surface area contributed by atoms with Crippen molar-refractivity contribution in [3.8, 4) is 0 Å². The topological polar surface area (TPSA) is 78.5 Å². The highest BCUT2D eigenvalue weighted by molar-refractivity contribution is 7.89. The number of likely N-dealkylation sites (N-methyl/N-ethyl adjacent to an activating group) is 1. The number of carbonyl (C=O) groups is 1. The first-order valence-electron chi connectivity index (χ1n) is 6.29. The van der Waals surface area contributed by atoms with E-state index in [-0.39, 0.29) is 18.2 Å². The molecule has 2 N–H and O–H groups in total. The lowest BCUT2D eigenvalue weighted by Crippen LogP contribution is -2.38. The van der Waals surface area contributed by atoms with Gasteiger partial charge in [-0.2, -0.15) is 0 Å². The Bertz CT molecular complexity index is 362. The minimum atomic E-state index is -3.33. The summed E-state index contributed by atoms with van der Waals surface area (Å²) in [7, 11) is -0.122. The molecule has 0 aromatic rings. The molecule has 0 aliphatic carbocycles. The first kappa shape index (κ1) is 15.4. The number of nitrogens with one attached hydrogen (secondary N) is 2. The zero-order valence-corrected chi connectivity index (χ0v) is 11.9. The highest BCUT2D eigenvalue weighted by Gasteiger charge is 2.18. The Morgan fingerprint density at radius 3 is 2.50 bits per heavy atom. The quantitative estimate of drug-likeness (QED) is 0.678. The van der Waals surface area contributed by atoms with E-state index in [2.05, 4.69) is 10.0 Å². The van der Waals surface area contributed by atoms with Gasteiger partial charge in [0.25, 0.3) is 0 Å². The van der Waals surface area contributed by atoms with Crippen LogP contribution in [0.2, 0.25) is 0 Å². The van der Waals surface area contributed by atoms with Crippen molar-refractivity contribution in [2.24, 2.45) is 5.92 Å². The third-order valence-electron chi connectivity index (χ3n) is 3.20. The van der Waals surface area contributed by atoms with Crippen molar-refractivity contribution in [3.05, 3.63) is 0 Å². The molecule has 0 aromatic carbocycles. The molecule has 1 rings (SSSR count). The maximum atomic E-state index is 11.7. The second kappa shape index (κ2) is 7.06. The van der Waals surface area contributed by atoms with Crippen molar-refractivity contribution in [1.29, 1.82) is 0 Å². The van der Waals surface area contributed by atoms with Crippen LogP contribution in [0.3, 0.4) is 0 Å². The monoisotopic (exact) mass is 277 g/mol. The smallest absolute Gasteiger partial charge is 0.237 e. The fourth-order valence-corrected chi connectivity index (χ4v) is 3.03. The van der Waals surface area contributed by atoms with Crippen LogP contribution in [-0.2, 0) is 14.8 Å². The minimum absolute atomic E-state index is 0.109. The van der Waals surface area contributed by atoms with Crippen molar-refractivity contribution >= 4 is 15.9 Å². The van der Waals surface area contributed by atoms with Crippen LogP contribution in [-0.4, -0.2) is 58.7 Å². The molecule has 0 atom stereocenters. The number of amides is 1. The van der Waals surface area contributed by atoms with Gasteiger partial charge < -0.3 is 10.2 Å². The van der Waals surface area contributed by atoms with Crippen LogP contribution in [0.15, 0.2) is 0 Å². The molecule has 1 amide bonds. The fourth-order valence-electron chi connectivity index (χ4n) is 1.89. The second-order valence-corrected chi connectivity index (χ2v) is 6.84. The van der Waals surface area contributed by atoms with Crippen molar-refractivity contribution in [1.82, 2.24) is 14.9 Å². The van der Waals surface area contributed by atoms with E-state index in [9.17, 15) is 13.2 Å². The standard InChI is InChI=1S/C11H23N3O3S/c1-14(2)11(15)9-13-18(16,17)8-5-10-3-6-12-7-4-10/h10,12-13H,3-9H2,1-2H3. The maximum Gasteiger partial charge on any atom is 0.237 e. The first-order valence-corrected chi connectivity index (χ1v) is 7.94. The molecule has 0 aromatic heterocycles. The fraction of sp³-hybridized carbons (Fsp3) is 0.909. The zero-order valence-electron chi connectivity index (χ0n) is 11.1. The van der Waals surface area contributed by atoms with Gasteiger partial charge in [-0.05, 0) is 38.3 Å². The Hall–Kier alpha value is -0.660. The van der Waals surface area contributed by atoms with Crippen molar-refractivity contribution in [2.75, 3.05) is 39.5 Å². The van der Waals surface area contributed by atoms with Crippen LogP contribution in [0.1, 0.15) is 19.3 Å². The number of nitrogens with zero attached hydrogens (tertiary/aromatic N) is 1. The summed E-state index contributed by atoms with van der Waals surface area (Å²) in [6, 6.07) is 0. The number of sulfonamides is 1. The van der Waals surface area contributed by atoms with Gasteiger partial charge in [-0.1, -0.05) is 0 Å². The maximum absolute atomic E-state index is 11.7. The van der Waals surface area contributed by atoms with Crippen LogP contribution < -0.4 is 10.0 Å². The Morgan fingerprint density at radius 2 is 1.94 bits per heavy atom. The van der Waals surface area contributed by atoms with E-state index in [4.69, 9.17) is 0 Å². The Morgan fingerprint density at radius 1 is 1.33 bits per heavy atom. The first-order chi connectivity index (χ1) is 8.41. The summed E-state index contributed by atoms with van der Waals surface area (Å²) in [5.41, 5.74) is 0. The molecule has 0 bridgehead atoms. The lowest BCUT2D eigenvalue weighted by atomic mass is 9.96. The summed E-state index contributed by atoms with van der Waals surface area (Å²) >= 11 is 0. The molecule has 7 heteroatoms. The Kier molecular flexibility index (Phi) is 6.04. The van der Waals surface area contributed by atoms with E-state index in [1.54, 1.807) is 14.1 Å². The van der Waals surface area contributed by atoms with Gasteiger partial charge in [-0.3, -0.25) is 4.79 Å². The van der Waals surface area contributed by atoms with E-state index in [0.29, 0.717) is 12.3 Å². The number of hydrogen-bond donors (Lipinski definition) is 2. The molecular formula is C11H23N3O3S. The van der Waals surface area contributed by atoms with Gasteiger partial charge in [0, 0.05) is 14.1 Å². The molecule has 106 valence electrons. The normalized spacial score (nSPS) is 17.7. The van der Waals surface area contributed by atoms with Crippen LogP contribution in [0.4, 0.5) is 0 Å². The van der Waals surface area contributed by atoms with Gasteiger partial charge in [-0.25, -0.2) is 13.1 Å². The molecule has 1 saturated heterocycles. The molecule has 1 fully saturated rings. The summed E-state index contributed by atoms with van der Waals surface area (Å²) in [5.74, 6) is 0.353. The molecule has 1 aliphatic rings. The Balaban J connectivity index is 2.28. The largest absolute Gasteiger partial charge is 0.348 e. The van der Waals surface area contributed by atoms with E-state index >= 15 is 0 Å². The van der Waals surface area contributed by atoms with Crippen molar-refractivity contribution < 1.29 is 13.2 Å². The zero-order chi connectivity index (χ0) is 13.6. The number of rotatable bonds is 6. The highest BCUT2D eigenvalue weighted by Crippen LogP contribution is 2.16. The van der Waals surface area contributed by atoms with Gasteiger partial charge in [0.2, 0.25) is 15.9 Å². The number of hydrogen-bond acceptors (Lipinski definition) is 4. The molecule has 6 nitrogen and oxygen atoms in total. The average molecular weight is 277 g/mol. The third kappa shape index (κ3) is 5.79. The second-order valence-electron chi connectivity index (χ2n) is 4.91. The molecule has 0 saturated carbocycles. The number of carbonyl (C=O) groups excluding carboxylic acids is 1. The molecule has 18 heavy (non-hydrogen) atoms. The van der Waals surface area contributed by atoms with Gasteiger partial charge in [0.05, 0.1) is 12.3 Å². The molecule has 0 unspecified atom stereocenters. The van der Waals surface area contributed by atoms with Gasteiger partial charge in [-0.15, -0.1) is 0 Å². The van der Waals surface area contributed by atoms with E-state index in [0.717, 1.165) is 25.9 Å². The lowest BCUT2D eigenvalue weighted by Gasteiger charge is -2.22. The summed E-state index contributed by atoms with van der Waals surface area (Å²) in [4.78, 5) is 12.7. The van der Waals surface area contributed by atoms with E-state index < -0.39 is 10.0 Å². The summed E-state index contributed by atoms with van der Waals surface area (Å²) < 4.78 is 25.8. The molecule has 1 heterocycles. The highest BCUT2D eigenvalue weighted by atomic mass is 32.2. The van der Waals surface area contributed by atoms with E-state index in [1.807, 2.05) is 0 Å². The number of piperidine rings is 1. The average Bonchev–Trinajstić information content (AvgIpc) is 2.35.